The summed E-state index contributed by atoms with van der Waals surface area (Å²) in [7, 11) is -1.84. The van der Waals surface area contributed by atoms with Crippen LogP contribution < -0.4 is 14.5 Å². The molecule has 0 saturated carbocycles. The van der Waals surface area contributed by atoms with Crippen LogP contribution in [0.3, 0.4) is 0 Å². The van der Waals surface area contributed by atoms with E-state index in [2.05, 4.69) is 22.3 Å². The molecule has 0 aromatic heterocycles. The van der Waals surface area contributed by atoms with Gasteiger partial charge in [0, 0.05) is 37.9 Å². The summed E-state index contributed by atoms with van der Waals surface area (Å²) in [6, 6.07) is 13.3. The minimum atomic E-state index is -3.34. The zero-order valence-electron chi connectivity index (χ0n) is 16.6. The normalized spacial score (nSPS) is 14.2. The largest absolute Gasteiger partial charge is 0.372 e. The third-order valence-corrected chi connectivity index (χ3v) is 6.35. The molecule has 0 unspecified atom stereocenters. The molecule has 2 aromatic carbocycles. The molecule has 7 heteroatoms. The topological polar surface area (TPSA) is 69.7 Å². The summed E-state index contributed by atoms with van der Waals surface area (Å²) >= 11 is 0. The maximum Gasteiger partial charge on any atom is 0.251 e. The van der Waals surface area contributed by atoms with E-state index < -0.39 is 10.0 Å². The number of carbonyl (C=O) groups is 1. The number of hydrogen-bond acceptors (Lipinski definition) is 4. The first-order valence-corrected chi connectivity index (χ1v) is 11.3. The Kier molecular flexibility index (Phi) is 5.93. The first kappa shape index (κ1) is 20.2. The monoisotopic (exact) mass is 401 g/mol. The number of aryl methyl sites for hydroxylation is 1. The van der Waals surface area contributed by atoms with Gasteiger partial charge in [0.25, 0.3) is 5.91 Å². The number of anilines is 2. The van der Waals surface area contributed by atoms with Gasteiger partial charge in [-0.25, -0.2) is 8.42 Å². The van der Waals surface area contributed by atoms with E-state index in [1.54, 1.807) is 25.1 Å². The van der Waals surface area contributed by atoms with E-state index in [4.69, 9.17) is 0 Å². The van der Waals surface area contributed by atoms with E-state index in [1.165, 1.54) is 29.9 Å². The van der Waals surface area contributed by atoms with Crippen LogP contribution in [-0.2, 0) is 16.6 Å². The average molecular weight is 402 g/mol. The molecule has 1 amide bonds. The molecule has 1 aliphatic heterocycles. The Labute approximate surface area is 167 Å². The van der Waals surface area contributed by atoms with Gasteiger partial charge >= 0.3 is 0 Å². The maximum atomic E-state index is 12.5. The molecule has 0 atom stereocenters. The SMILES string of the molecule is Cc1cc(C(=O)NCc2ccc(N3CCCC3)cc2)ccc1N(C)S(C)(=O)=O. The summed E-state index contributed by atoms with van der Waals surface area (Å²) in [6.07, 6.45) is 3.65. The number of rotatable bonds is 6. The molecule has 2 aromatic rings. The van der Waals surface area contributed by atoms with Gasteiger partial charge in [0.2, 0.25) is 10.0 Å². The van der Waals surface area contributed by atoms with E-state index in [9.17, 15) is 13.2 Å². The molecule has 1 heterocycles. The third kappa shape index (κ3) is 4.65. The third-order valence-electron chi connectivity index (χ3n) is 5.16. The number of sulfonamides is 1. The molecule has 3 rings (SSSR count). The number of amides is 1. The Morgan fingerprint density at radius 1 is 1.11 bits per heavy atom. The van der Waals surface area contributed by atoms with Crippen LogP contribution in [0.5, 0.6) is 0 Å². The molecule has 1 saturated heterocycles. The predicted molar refractivity (Wildman–Crippen MR) is 113 cm³/mol. The summed E-state index contributed by atoms with van der Waals surface area (Å²) in [4.78, 5) is 14.8. The van der Waals surface area contributed by atoms with Crippen molar-refractivity contribution in [3.8, 4) is 0 Å². The van der Waals surface area contributed by atoms with Crippen molar-refractivity contribution < 1.29 is 13.2 Å². The van der Waals surface area contributed by atoms with E-state index in [0.717, 1.165) is 30.5 Å². The first-order chi connectivity index (χ1) is 13.3. The molecule has 6 nitrogen and oxygen atoms in total. The van der Waals surface area contributed by atoms with Crippen molar-refractivity contribution in [1.29, 1.82) is 0 Å². The van der Waals surface area contributed by atoms with E-state index in [-0.39, 0.29) is 5.91 Å². The Bertz CT molecular complexity index is 949. The first-order valence-electron chi connectivity index (χ1n) is 9.42. The Hall–Kier alpha value is -2.54. The highest BCUT2D eigenvalue weighted by Crippen LogP contribution is 2.23. The molecule has 0 spiro atoms. The molecule has 1 N–H and O–H groups in total. The van der Waals surface area contributed by atoms with E-state index >= 15 is 0 Å². The minimum Gasteiger partial charge on any atom is -0.372 e. The van der Waals surface area contributed by atoms with Gasteiger partial charge in [-0.15, -0.1) is 0 Å². The fraction of sp³-hybridized carbons (Fsp3) is 0.381. The van der Waals surface area contributed by atoms with Crippen LogP contribution in [0.4, 0.5) is 11.4 Å². The fourth-order valence-corrected chi connectivity index (χ4v) is 3.98. The van der Waals surface area contributed by atoms with Crippen LogP contribution in [0.25, 0.3) is 0 Å². The van der Waals surface area contributed by atoms with Crippen molar-refractivity contribution >= 4 is 27.3 Å². The Morgan fingerprint density at radius 3 is 2.32 bits per heavy atom. The van der Waals surface area contributed by atoms with Gasteiger partial charge in [-0.05, 0) is 61.2 Å². The van der Waals surface area contributed by atoms with Gasteiger partial charge in [0.15, 0.2) is 0 Å². The van der Waals surface area contributed by atoms with Crippen molar-refractivity contribution in [3.05, 3.63) is 59.2 Å². The molecule has 1 aliphatic rings. The lowest BCUT2D eigenvalue weighted by Gasteiger charge is -2.19. The van der Waals surface area contributed by atoms with Gasteiger partial charge < -0.3 is 10.2 Å². The standard InChI is InChI=1S/C21H27N3O3S/c1-16-14-18(8-11-20(16)23(2)28(3,26)27)21(25)22-15-17-6-9-19(10-7-17)24-12-4-5-13-24/h6-11,14H,4-5,12-13,15H2,1-3H3,(H,22,25). The second-order valence-corrected chi connectivity index (χ2v) is 9.29. The summed E-state index contributed by atoms with van der Waals surface area (Å²) in [5, 5.41) is 2.93. The van der Waals surface area contributed by atoms with Crippen LogP contribution in [0.1, 0.15) is 34.3 Å². The molecule has 1 fully saturated rings. The lowest BCUT2D eigenvalue weighted by Crippen LogP contribution is -2.26. The van der Waals surface area contributed by atoms with Crippen LogP contribution in [-0.4, -0.2) is 40.7 Å². The number of benzene rings is 2. The smallest absolute Gasteiger partial charge is 0.251 e. The second kappa shape index (κ2) is 8.22. The molecule has 150 valence electrons. The lowest BCUT2D eigenvalue weighted by atomic mass is 10.1. The molecule has 0 bridgehead atoms. The Morgan fingerprint density at radius 2 is 1.75 bits per heavy atom. The fourth-order valence-electron chi connectivity index (χ4n) is 3.41. The highest BCUT2D eigenvalue weighted by Gasteiger charge is 2.16. The summed E-state index contributed by atoms with van der Waals surface area (Å²) in [6.45, 7) is 4.47. The molecular formula is C21H27N3O3S. The summed E-state index contributed by atoms with van der Waals surface area (Å²) in [5.41, 5.74) is 4.08. The number of carbonyl (C=O) groups excluding carboxylic acids is 1. The quantitative estimate of drug-likeness (QED) is 0.808. The number of nitrogens with zero attached hydrogens (tertiary/aromatic N) is 2. The van der Waals surface area contributed by atoms with Crippen LogP contribution >= 0.6 is 0 Å². The zero-order valence-corrected chi connectivity index (χ0v) is 17.4. The maximum absolute atomic E-state index is 12.5. The van der Waals surface area contributed by atoms with Gasteiger partial charge in [0.1, 0.15) is 0 Å². The van der Waals surface area contributed by atoms with Crippen LogP contribution in [0.15, 0.2) is 42.5 Å². The lowest BCUT2D eigenvalue weighted by molar-refractivity contribution is 0.0951. The van der Waals surface area contributed by atoms with E-state index in [1.807, 2.05) is 12.1 Å². The van der Waals surface area contributed by atoms with E-state index in [0.29, 0.717) is 17.8 Å². The van der Waals surface area contributed by atoms with Crippen LogP contribution in [0.2, 0.25) is 0 Å². The average Bonchev–Trinajstić information content (AvgIpc) is 3.20. The van der Waals surface area contributed by atoms with Crippen molar-refractivity contribution in [3.63, 3.8) is 0 Å². The van der Waals surface area contributed by atoms with Crippen molar-refractivity contribution in [1.82, 2.24) is 5.32 Å². The second-order valence-electron chi connectivity index (χ2n) is 7.28. The van der Waals surface area contributed by atoms with Crippen molar-refractivity contribution in [2.75, 3.05) is 35.6 Å². The molecule has 28 heavy (non-hydrogen) atoms. The van der Waals surface area contributed by atoms with Gasteiger partial charge in [-0.2, -0.15) is 0 Å². The van der Waals surface area contributed by atoms with Crippen molar-refractivity contribution in [2.45, 2.75) is 26.3 Å². The highest BCUT2D eigenvalue weighted by atomic mass is 32.2. The minimum absolute atomic E-state index is 0.180. The van der Waals surface area contributed by atoms with Gasteiger partial charge in [-0.3, -0.25) is 9.10 Å². The summed E-state index contributed by atoms with van der Waals surface area (Å²) < 4.78 is 24.6. The predicted octanol–water partition coefficient (Wildman–Crippen LogP) is 2.92. The van der Waals surface area contributed by atoms with Crippen molar-refractivity contribution in [2.24, 2.45) is 0 Å². The van der Waals surface area contributed by atoms with Crippen LogP contribution in [0, 0.1) is 6.92 Å². The summed E-state index contributed by atoms with van der Waals surface area (Å²) in [5.74, 6) is -0.180. The molecular weight excluding hydrogens is 374 g/mol. The van der Waals surface area contributed by atoms with Gasteiger partial charge in [-0.1, -0.05) is 12.1 Å². The number of hydrogen-bond donors (Lipinski definition) is 1. The highest BCUT2D eigenvalue weighted by molar-refractivity contribution is 7.92. The van der Waals surface area contributed by atoms with Gasteiger partial charge in [0.05, 0.1) is 11.9 Å². The zero-order chi connectivity index (χ0) is 20.3. The molecule has 0 radical (unpaired) electrons. The molecule has 0 aliphatic carbocycles. The number of nitrogens with one attached hydrogen (secondary N) is 1. The Balaban J connectivity index is 1.62.